The second kappa shape index (κ2) is 8.62. The van der Waals surface area contributed by atoms with Crippen LogP contribution in [-0.4, -0.2) is 25.3 Å². The SMILES string of the molecule is O=C(Cn1cc(S(=O)(=O)c2ccccc2)c2ccccc21)Nc1ccc(OC(F)(F)F)cc1. The Morgan fingerprint density at radius 2 is 1.55 bits per heavy atom. The lowest BCUT2D eigenvalue weighted by molar-refractivity contribution is -0.274. The van der Waals surface area contributed by atoms with Crippen molar-refractivity contribution in [2.75, 3.05) is 5.32 Å². The van der Waals surface area contributed by atoms with Crippen LogP contribution >= 0.6 is 0 Å². The number of carbonyl (C=O) groups is 1. The van der Waals surface area contributed by atoms with E-state index in [1.54, 1.807) is 42.5 Å². The van der Waals surface area contributed by atoms with Gasteiger partial charge in [-0.25, -0.2) is 8.42 Å². The normalized spacial score (nSPS) is 12.0. The molecule has 1 aromatic heterocycles. The predicted octanol–water partition coefficient (Wildman–Crippen LogP) is 5.01. The summed E-state index contributed by atoms with van der Waals surface area (Å²) in [5, 5.41) is 3.05. The number of halogens is 3. The van der Waals surface area contributed by atoms with Crippen LogP contribution in [0.1, 0.15) is 0 Å². The lowest BCUT2D eigenvalue weighted by Crippen LogP contribution is -2.19. The van der Waals surface area contributed by atoms with Crippen LogP contribution in [0.5, 0.6) is 5.75 Å². The van der Waals surface area contributed by atoms with E-state index < -0.39 is 27.9 Å². The van der Waals surface area contributed by atoms with Crippen molar-refractivity contribution in [3.8, 4) is 5.75 Å². The van der Waals surface area contributed by atoms with Gasteiger partial charge in [0.25, 0.3) is 0 Å². The molecule has 4 rings (SSSR count). The van der Waals surface area contributed by atoms with Crippen molar-refractivity contribution in [2.24, 2.45) is 0 Å². The van der Waals surface area contributed by atoms with Crippen LogP contribution in [0.25, 0.3) is 10.9 Å². The van der Waals surface area contributed by atoms with Gasteiger partial charge in [0.15, 0.2) is 0 Å². The molecule has 0 saturated carbocycles. The number of fused-ring (bicyclic) bond motifs is 1. The first-order chi connectivity index (χ1) is 15.6. The Hall–Kier alpha value is -3.79. The monoisotopic (exact) mass is 474 g/mol. The number of nitrogens with one attached hydrogen (secondary N) is 1. The molecule has 1 amide bonds. The van der Waals surface area contributed by atoms with Crippen molar-refractivity contribution in [1.29, 1.82) is 0 Å². The van der Waals surface area contributed by atoms with Gasteiger partial charge >= 0.3 is 6.36 Å². The van der Waals surface area contributed by atoms with Crippen molar-refractivity contribution in [3.63, 3.8) is 0 Å². The van der Waals surface area contributed by atoms with Gasteiger partial charge in [-0.05, 0) is 42.5 Å². The van der Waals surface area contributed by atoms with Crippen LogP contribution in [0, 0.1) is 0 Å². The van der Waals surface area contributed by atoms with Gasteiger partial charge in [0.1, 0.15) is 12.3 Å². The van der Waals surface area contributed by atoms with Gasteiger partial charge in [-0.1, -0.05) is 36.4 Å². The molecule has 0 atom stereocenters. The number of hydrogen-bond acceptors (Lipinski definition) is 4. The summed E-state index contributed by atoms with van der Waals surface area (Å²) in [4.78, 5) is 12.8. The summed E-state index contributed by atoms with van der Waals surface area (Å²) in [6, 6.07) is 19.5. The number of hydrogen-bond donors (Lipinski definition) is 1. The van der Waals surface area contributed by atoms with E-state index in [1.165, 1.54) is 35.0 Å². The van der Waals surface area contributed by atoms with Gasteiger partial charge in [-0.15, -0.1) is 13.2 Å². The fourth-order valence-corrected chi connectivity index (χ4v) is 4.88. The minimum absolute atomic E-state index is 0.0748. The van der Waals surface area contributed by atoms with E-state index in [0.717, 1.165) is 12.1 Å². The molecular formula is C23H17F3N2O4S. The molecule has 0 radical (unpaired) electrons. The molecule has 10 heteroatoms. The largest absolute Gasteiger partial charge is 0.573 e. The summed E-state index contributed by atoms with van der Waals surface area (Å²) < 4.78 is 68.5. The fraction of sp³-hybridized carbons (Fsp3) is 0.0870. The summed E-state index contributed by atoms with van der Waals surface area (Å²) in [6.45, 7) is -0.203. The zero-order valence-corrected chi connectivity index (χ0v) is 17.7. The van der Waals surface area contributed by atoms with Crippen LogP contribution in [0.3, 0.4) is 0 Å². The molecule has 0 saturated heterocycles. The molecule has 4 aromatic rings. The van der Waals surface area contributed by atoms with E-state index in [4.69, 9.17) is 0 Å². The second-order valence-corrected chi connectivity index (χ2v) is 8.99. The third kappa shape index (κ3) is 5.01. The van der Waals surface area contributed by atoms with Gasteiger partial charge in [0.05, 0.1) is 9.79 Å². The highest BCUT2D eigenvalue weighted by Crippen LogP contribution is 2.30. The van der Waals surface area contributed by atoms with Crippen LogP contribution in [-0.2, 0) is 21.2 Å². The number of nitrogens with zero attached hydrogens (tertiary/aromatic N) is 1. The van der Waals surface area contributed by atoms with Gasteiger partial charge in [0, 0.05) is 22.8 Å². The Morgan fingerprint density at radius 3 is 2.21 bits per heavy atom. The minimum Gasteiger partial charge on any atom is -0.406 e. The highest BCUT2D eigenvalue weighted by atomic mass is 32.2. The van der Waals surface area contributed by atoms with Gasteiger partial charge in [-0.2, -0.15) is 0 Å². The summed E-state index contributed by atoms with van der Waals surface area (Å²) in [5.41, 5.74) is 0.819. The molecule has 0 unspecified atom stereocenters. The fourth-order valence-electron chi connectivity index (χ4n) is 3.38. The van der Waals surface area contributed by atoms with E-state index >= 15 is 0 Å². The van der Waals surface area contributed by atoms with Crippen molar-refractivity contribution in [3.05, 3.63) is 85.1 Å². The molecule has 0 aliphatic heterocycles. The molecule has 6 nitrogen and oxygen atoms in total. The zero-order valence-electron chi connectivity index (χ0n) is 16.9. The highest BCUT2D eigenvalue weighted by molar-refractivity contribution is 7.91. The molecule has 0 spiro atoms. The number of alkyl halides is 3. The van der Waals surface area contributed by atoms with Gasteiger partial charge in [-0.3, -0.25) is 4.79 Å². The molecule has 0 bridgehead atoms. The zero-order chi connectivity index (χ0) is 23.6. The number of ether oxygens (including phenoxy) is 1. The number of carbonyl (C=O) groups excluding carboxylic acids is 1. The maximum atomic E-state index is 13.2. The number of amides is 1. The highest BCUT2D eigenvalue weighted by Gasteiger charge is 2.31. The molecule has 33 heavy (non-hydrogen) atoms. The third-order valence-corrected chi connectivity index (χ3v) is 6.58. The molecule has 1 N–H and O–H groups in total. The van der Waals surface area contributed by atoms with E-state index in [-0.39, 0.29) is 22.0 Å². The first-order valence-corrected chi connectivity index (χ1v) is 11.2. The van der Waals surface area contributed by atoms with E-state index in [0.29, 0.717) is 10.9 Å². The smallest absolute Gasteiger partial charge is 0.406 e. The first-order valence-electron chi connectivity index (χ1n) is 9.67. The van der Waals surface area contributed by atoms with Crippen molar-refractivity contribution >= 4 is 32.3 Å². The standard InChI is InChI=1S/C23H17F3N2O4S/c24-23(25,26)32-17-12-10-16(11-13-17)27-22(29)15-28-14-21(19-8-4-5-9-20(19)28)33(30,31)18-6-2-1-3-7-18/h1-14H,15H2,(H,27,29). The average Bonchev–Trinajstić information content (AvgIpc) is 3.14. The second-order valence-electron chi connectivity index (χ2n) is 7.08. The molecular weight excluding hydrogens is 457 g/mol. The molecule has 3 aromatic carbocycles. The van der Waals surface area contributed by atoms with Crippen molar-refractivity contribution < 1.29 is 31.1 Å². The Balaban J connectivity index is 1.58. The Morgan fingerprint density at radius 1 is 0.909 bits per heavy atom. The molecule has 170 valence electrons. The lowest BCUT2D eigenvalue weighted by atomic mass is 10.2. The lowest BCUT2D eigenvalue weighted by Gasteiger charge is -2.10. The number of anilines is 1. The first kappa shape index (κ1) is 22.4. The quantitative estimate of drug-likeness (QED) is 0.426. The number of aromatic nitrogens is 1. The molecule has 0 fully saturated rings. The number of sulfone groups is 1. The number of benzene rings is 3. The topological polar surface area (TPSA) is 77.4 Å². The Bertz CT molecular complexity index is 1400. The average molecular weight is 474 g/mol. The van der Waals surface area contributed by atoms with E-state index in [9.17, 15) is 26.4 Å². The van der Waals surface area contributed by atoms with Gasteiger partial charge in [0.2, 0.25) is 15.7 Å². The van der Waals surface area contributed by atoms with Crippen LogP contribution in [0.4, 0.5) is 18.9 Å². The Labute approximate surface area is 187 Å². The van der Waals surface area contributed by atoms with Crippen molar-refractivity contribution in [2.45, 2.75) is 22.7 Å². The van der Waals surface area contributed by atoms with Gasteiger partial charge < -0.3 is 14.6 Å². The Kier molecular flexibility index (Phi) is 5.86. The number of rotatable bonds is 6. The predicted molar refractivity (Wildman–Crippen MR) is 116 cm³/mol. The third-order valence-electron chi connectivity index (χ3n) is 4.78. The van der Waals surface area contributed by atoms with Crippen molar-refractivity contribution in [1.82, 2.24) is 4.57 Å². The maximum Gasteiger partial charge on any atom is 0.573 e. The maximum absolute atomic E-state index is 13.2. The molecule has 0 aliphatic rings. The molecule has 0 aliphatic carbocycles. The minimum atomic E-state index is -4.81. The number of para-hydroxylation sites is 1. The summed E-state index contributed by atoms with van der Waals surface area (Å²) >= 11 is 0. The summed E-state index contributed by atoms with van der Waals surface area (Å²) in [5.74, 6) is -0.892. The van der Waals surface area contributed by atoms with Crippen LogP contribution in [0.15, 0.2) is 94.9 Å². The molecule has 1 heterocycles. The van der Waals surface area contributed by atoms with Crippen LogP contribution in [0.2, 0.25) is 0 Å². The summed E-state index contributed by atoms with van der Waals surface area (Å²) in [7, 11) is -3.82. The summed E-state index contributed by atoms with van der Waals surface area (Å²) in [6.07, 6.45) is -3.40. The van der Waals surface area contributed by atoms with E-state index in [2.05, 4.69) is 10.1 Å². The van der Waals surface area contributed by atoms with E-state index in [1.807, 2.05) is 0 Å². The van der Waals surface area contributed by atoms with Crippen LogP contribution < -0.4 is 10.1 Å².